The molecule has 0 saturated heterocycles. The molecule has 0 atom stereocenters. The second-order valence-corrected chi connectivity index (χ2v) is 3.46. The third-order valence-corrected chi connectivity index (χ3v) is 2.01. The Bertz CT molecular complexity index is 464. The average molecular weight is 253 g/mol. The maximum atomic E-state index is 11.9. The van der Waals surface area contributed by atoms with Crippen molar-refractivity contribution in [3.8, 4) is 11.8 Å². The largest absolute Gasteiger partial charge is 0.395 e. The number of benzene rings is 1. The Morgan fingerprint density at radius 2 is 2.22 bits per heavy atom. The summed E-state index contributed by atoms with van der Waals surface area (Å²) in [5.74, 6) is 4.93. The molecule has 0 aliphatic carbocycles. The summed E-state index contributed by atoms with van der Waals surface area (Å²) in [5.41, 5.74) is 0.889. The zero-order chi connectivity index (χ0) is 13.4. The minimum atomic E-state index is -2.57. The fourth-order valence-corrected chi connectivity index (χ4v) is 1.23. The second-order valence-electron chi connectivity index (χ2n) is 3.46. The Morgan fingerprint density at radius 1 is 1.44 bits per heavy atom. The van der Waals surface area contributed by atoms with E-state index in [9.17, 15) is 13.6 Å². The van der Waals surface area contributed by atoms with E-state index in [-0.39, 0.29) is 12.2 Å². The maximum Gasteiger partial charge on any atom is 0.255 e. The average Bonchev–Trinajstić information content (AvgIpc) is 2.36. The van der Waals surface area contributed by atoms with Gasteiger partial charge in [0.15, 0.2) is 0 Å². The Kier molecular flexibility index (Phi) is 5.81. The quantitative estimate of drug-likeness (QED) is 0.797. The molecule has 0 radical (unpaired) electrons. The highest BCUT2D eigenvalue weighted by atomic mass is 19.3. The van der Waals surface area contributed by atoms with E-state index in [4.69, 9.17) is 5.11 Å². The summed E-state index contributed by atoms with van der Waals surface area (Å²) in [6, 6.07) is 6.37. The molecule has 1 rings (SSSR count). The molecule has 0 bridgehead atoms. The molecule has 1 aromatic rings. The van der Waals surface area contributed by atoms with E-state index in [2.05, 4.69) is 17.2 Å². The highest BCUT2D eigenvalue weighted by Crippen LogP contribution is 2.04. The van der Waals surface area contributed by atoms with Crippen molar-refractivity contribution >= 4 is 5.91 Å². The SMILES string of the molecule is O=C(NCC(F)F)c1cccc(C#CCCO)c1. The Labute approximate surface area is 104 Å². The van der Waals surface area contributed by atoms with E-state index in [0.29, 0.717) is 12.0 Å². The van der Waals surface area contributed by atoms with Crippen LogP contribution in [-0.4, -0.2) is 30.6 Å². The highest BCUT2D eigenvalue weighted by Gasteiger charge is 2.08. The van der Waals surface area contributed by atoms with Crippen molar-refractivity contribution in [2.75, 3.05) is 13.2 Å². The molecular weight excluding hydrogens is 240 g/mol. The van der Waals surface area contributed by atoms with Crippen LogP contribution in [0.15, 0.2) is 24.3 Å². The molecule has 0 saturated carbocycles. The molecular formula is C13H13F2NO2. The van der Waals surface area contributed by atoms with Gasteiger partial charge in [-0.3, -0.25) is 4.79 Å². The van der Waals surface area contributed by atoms with Crippen molar-refractivity contribution in [1.29, 1.82) is 0 Å². The standard InChI is InChI=1S/C13H13F2NO2/c14-12(15)9-16-13(18)11-6-3-5-10(8-11)4-1-2-7-17/h3,5-6,8,12,17H,2,7,9H2,(H,16,18). The number of amides is 1. The van der Waals surface area contributed by atoms with Crippen LogP contribution in [0.5, 0.6) is 0 Å². The second kappa shape index (κ2) is 7.41. The topological polar surface area (TPSA) is 49.3 Å². The van der Waals surface area contributed by atoms with Crippen molar-refractivity contribution in [3.05, 3.63) is 35.4 Å². The minimum Gasteiger partial charge on any atom is -0.395 e. The molecule has 18 heavy (non-hydrogen) atoms. The first-order valence-corrected chi connectivity index (χ1v) is 5.39. The van der Waals surface area contributed by atoms with Gasteiger partial charge in [-0.25, -0.2) is 8.78 Å². The summed E-state index contributed by atoms with van der Waals surface area (Å²) in [5, 5.41) is 10.7. The monoisotopic (exact) mass is 253 g/mol. The Morgan fingerprint density at radius 3 is 2.89 bits per heavy atom. The molecule has 0 unspecified atom stereocenters. The first kappa shape index (κ1) is 14.1. The number of hydrogen-bond donors (Lipinski definition) is 2. The van der Waals surface area contributed by atoms with Crippen LogP contribution in [0.4, 0.5) is 8.78 Å². The van der Waals surface area contributed by atoms with Gasteiger partial charge in [0.05, 0.1) is 13.2 Å². The number of alkyl halides is 2. The van der Waals surface area contributed by atoms with Gasteiger partial charge in [0, 0.05) is 17.5 Å². The van der Waals surface area contributed by atoms with E-state index in [1.165, 1.54) is 12.1 Å². The molecule has 0 spiro atoms. The van der Waals surface area contributed by atoms with Crippen molar-refractivity contribution in [2.45, 2.75) is 12.8 Å². The van der Waals surface area contributed by atoms with E-state index >= 15 is 0 Å². The lowest BCUT2D eigenvalue weighted by atomic mass is 10.1. The van der Waals surface area contributed by atoms with Crippen molar-refractivity contribution in [3.63, 3.8) is 0 Å². The van der Waals surface area contributed by atoms with Gasteiger partial charge in [0.1, 0.15) is 0 Å². The van der Waals surface area contributed by atoms with Gasteiger partial charge in [-0.1, -0.05) is 17.9 Å². The van der Waals surface area contributed by atoms with Crippen LogP contribution in [0.3, 0.4) is 0 Å². The maximum absolute atomic E-state index is 11.9. The van der Waals surface area contributed by atoms with Gasteiger partial charge < -0.3 is 10.4 Å². The zero-order valence-electron chi connectivity index (χ0n) is 9.62. The molecule has 1 aromatic carbocycles. The van der Waals surface area contributed by atoms with Crippen LogP contribution < -0.4 is 5.32 Å². The normalized spacial score (nSPS) is 9.78. The number of aliphatic hydroxyl groups excluding tert-OH is 1. The highest BCUT2D eigenvalue weighted by molar-refractivity contribution is 5.94. The predicted octanol–water partition coefficient (Wildman–Crippen LogP) is 1.42. The van der Waals surface area contributed by atoms with Crippen LogP contribution in [0.1, 0.15) is 22.3 Å². The summed E-state index contributed by atoms with van der Waals surface area (Å²) >= 11 is 0. The number of hydrogen-bond acceptors (Lipinski definition) is 2. The first-order valence-electron chi connectivity index (χ1n) is 5.39. The van der Waals surface area contributed by atoms with Gasteiger partial charge in [0.25, 0.3) is 12.3 Å². The zero-order valence-corrected chi connectivity index (χ0v) is 9.62. The molecule has 0 heterocycles. The summed E-state index contributed by atoms with van der Waals surface area (Å²) in [6.07, 6.45) is -2.22. The van der Waals surface area contributed by atoms with Gasteiger partial charge in [-0.05, 0) is 18.2 Å². The van der Waals surface area contributed by atoms with E-state index < -0.39 is 18.9 Å². The summed E-state index contributed by atoms with van der Waals surface area (Å²) in [4.78, 5) is 11.5. The third-order valence-electron chi connectivity index (χ3n) is 2.01. The molecule has 3 nitrogen and oxygen atoms in total. The molecule has 2 N–H and O–H groups in total. The summed E-state index contributed by atoms with van der Waals surface area (Å²) in [7, 11) is 0. The van der Waals surface area contributed by atoms with Crippen LogP contribution in [-0.2, 0) is 0 Å². The van der Waals surface area contributed by atoms with Gasteiger partial charge in [-0.15, -0.1) is 0 Å². The third kappa shape index (κ3) is 4.93. The van der Waals surface area contributed by atoms with E-state index in [0.717, 1.165) is 0 Å². The van der Waals surface area contributed by atoms with E-state index in [1.807, 2.05) is 0 Å². The smallest absolute Gasteiger partial charge is 0.255 e. The number of aliphatic hydroxyl groups is 1. The number of carbonyl (C=O) groups excluding carboxylic acids is 1. The minimum absolute atomic E-state index is 0.0262. The number of nitrogens with one attached hydrogen (secondary N) is 1. The summed E-state index contributed by atoms with van der Waals surface area (Å²) in [6.45, 7) is -0.694. The van der Waals surface area contributed by atoms with Crippen molar-refractivity contribution in [2.24, 2.45) is 0 Å². The van der Waals surface area contributed by atoms with Crippen LogP contribution in [0.2, 0.25) is 0 Å². The lowest BCUT2D eigenvalue weighted by Gasteiger charge is -2.04. The van der Waals surface area contributed by atoms with Crippen molar-refractivity contribution < 1.29 is 18.7 Å². The lowest BCUT2D eigenvalue weighted by Crippen LogP contribution is -2.28. The molecule has 5 heteroatoms. The molecule has 0 fully saturated rings. The van der Waals surface area contributed by atoms with Crippen molar-refractivity contribution in [1.82, 2.24) is 5.32 Å². The molecule has 0 aliphatic rings. The van der Waals surface area contributed by atoms with Gasteiger partial charge >= 0.3 is 0 Å². The van der Waals surface area contributed by atoms with Crippen LogP contribution in [0.25, 0.3) is 0 Å². The fraction of sp³-hybridized carbons (Fsp3) is 0.308. The predicted molar refractivity (Wildman–Crippen MR) is 63.4 cm³/mol. The summed E-state index contributed by atoms with van der Waals surface area (Å²) < 4.78 is 23.9. The van der Waals surface area contributed by atoms with E-state index in [1.54, 1.807) is 12.1 Å². The molecule has 0 aromatic heterocycles. The van der Waals surface area contributed by atoms with Gasteiger partial charge in [0.2, 0.25) is 0 Å². The fourth-order valence-electron chi connectivity index (χ4n) is 1.23. The number of carbonyl (C=O) groups is 1. The number of halogens is 2. The molecule has 0 aliphatic heterocycles. The van der Waals surface area contributed by atoms with Crippen LogP contribution >= 0.6 is 0 Å². The Balaban J connectivity index is 2.70. The molecule has 1 amide bonds. The van der Waals surface area contributed by atoms with Gasteiger partial charge in [-0.2, -0.15) is 0 Å². The van der Waals surface area contributed by atoms with Crippen LogP contribution in [0, 0.1) is 11.8 Å². The Hall–Kier alpha value is -1.93. The molecule has 96 valence electrons. The lowest BCUT2D eigenvalue weighted by molar-refractivity contribution is 0.0891. The first-order chi connectivity index (χ1) is 8.63. The number of rotatable bonds is 4.